The van der Waals surface area contributed by atoms with Crippen molar-refractivity contribution in [2.75, 3.05) is 39.3 Å². The molecule has 0 aromatic heterocycles. The second-order valence-electron chi connectivity index (χ2n) is 3.09. The van der Waals surface area contributed by atoms with Crippen molar-refractivity contribution >= 4 is 5.69 Å². The average Bonchev–Trinajstić information content (AvgIpc) is 2.30. The van der Waals surface area contributed by atoms with Crippen LogP contribution in [-0.2, 0) is 4.74 Å². The summed E-state index contributed by atoms with van der Waals surface area (Å²) in [4.78, 5) is 0. The number of aliphatic hydroxyl groups is 1. The zero-order chi connectivity index (χ0) is 11.8. The number of benzene rings is 1. The minimum absolute atomic E-state index is 0.0190. The predicted molar refractivity (Wildman–Crippen MR) is 60.8 cm³/mol. The van der Waals surface area contributed by atoms with Crippen LogP contribution in [-0.4, -0.2) is 38.6 Å². The lowest BCUT2D eigenvalue weighted by atomic mass is 10.3. The lowest BCUT2D eigenvalue weighted by molar-refractivity contribution is 0.0699. The van der Waals surface area contributed by atoms with Crippen LogP contribution in [0.4, 0.5) is 5.69 Å². The van der Waals surface area contributed by atoms with Crippen molar-refractivity contribution in [3.05, 3.63) is 18.2 Å². The molecule has 0 aliphatic rings. The lowest BCUT2D eigenvalue weighted by Crippen LogP contribution is -2.09. The first kappa shape index (κ1) is 12.6. The Hall–Kier alpha value is -1.46. The van der Waals surface area contributed by atoms with Crippen LogP contribution < -0.4 is 15.2 Å². The normalized spacial score (nSPS) is 10.1. The average molecular weight is 227 g/mol. The monoisotopic (exact) mass is 227 g/mol. The van der Waals surface area contributed by atoms with Gasteiger partial charge in [0, 0.05) is 11.8 Å². The topological polar surface area (TPSA) is 73.9 Å². The summed E-state index contributed by atoms with van der Waals surface area (Å²) in [6, 6.07) is 5.19. The van der Waals surface area contributed by atoms with Crippen molar-refractivity contribution in [1.82, 2.24) is 0 Å². The van der Waals surface area contributed by atoms with E-state index in [1.165, 1.54) is 0 Å². The van der Waals surface area contributed by atoms with Crippen LogP contribution in [0.3, 0.4) is 0 Å². The molecule has 1 aromatic rings. The third-order valence-corrected chi connectivity index (χ3v) is 1.91. The molecule has 3 N–H and O–H groups in total. The van der Waals surface area contributed by atoms with Crippen molar-refractivity contribution in [1.29, 1.82) is 0 Å². The first-order valence-electron chi connectivity index (χ1n) is 5.03. The fourth-order valence-electron chi connectivity index (χ4n) is 1.18. The quantitative estimate of drug-likeness (QED) is 0.529. The van der Waals surface area contributed by atoms with Crippen molar-refractivity contribution in [2.45, 2.75) is 0 Å². The predicted octanol–water partition coefficient (Wildman–Crippen LogP) is 0.665. The Morgan fingerprint density at radius 1 is 1.19 bits per heavy atom. The Labute approximate surface area is 94.7 Å². The molecule has 0 aliphatic carbocycles. The van der Waals surface area contributed by atoms with Gasteiger partial charge in [-0.25, -0.2) is 0 Å². The van der Waals surface area contributed by atoms with Crippen molar-refractivity contribution in [3.8, 4) is 11.5 Å². The molecule has 0 atom stereocenters. The van der Waals surface area contributed by atoms with Crippen molar-refractivity contribution in [2.24, 2.45) is 0 Å². The second-order valence-corrected chi connectivity index (χ2v) is 3.09. The van der Waals surface area contributed by atoms with Crippen molar-refractivity contribution < 1.29 is 19.3 Å². The van der Waals surface area contributed by atoms with E-state index in [4.69, 9.17) is 25.1 Å². The number of nitrogen functional groups attached to an aromatic ring is 1. The Kier molecular flexibility index (Phi) is 5.45. The summed E-state index contributed by atoms with van der Waals surface area (Å²) in [5.74, 6) is 1.23. The van der Waals surface area contributed by atoms with Gasteiger partial charge in [0.2, 0.25) is 0 Å². The van der Waals surface area contributed by atoms with Gasteiger partial charge in [0.25, 0.3) is 0 Å². The molecule has 0 amide bonds. The van der Waals surface area contributed by atoms with Gasteiger partial charge in [-0.3, -0.25) is 0 Å². The second kappa shape index (κ2) is 6.92. The molecule has 0 spiro atoms. The maximum Gasteiger partial charge on any atom is 0.162 e. The molecule has 0 aliphatic heterocycles. The summed E-state index contributed by atoms with van der Waals surface area (Å²) >= 11 is 0. The molecule has 0 saturated carbocycles. The van der Waals surface area contributed by atoms with Crippen LogP contribution in [0, 0.1) is 0 Å². The highest BCUT2D eigenvalue weighted by atomic mass is 16.5. The fourth-order valence-corrected chi connectivity index (χ4v) is 1.18. The van der Waals surface area contributed by atoms with Gasteiger partial charge in [-0.05, 0) is 12.1 Å². The summed E-state index contributed by atoms with van der Waals surface area (Å²) in [6.45, 7) is 1.17. The molecule has 1 aromatic carbocycles. The van der Waals surface area contributed by atoms with Gasteiger partial charge in [-0.1, -0.05) is 0 Å². The van der Waals surface area contributed by atoms with Crippen LogP contribution in [0.1, 0.15) is 0 Å². The van der Waals surface area contributed by atoms with Gasteiger partial charge >= 0.3 is 0 Å². The molecular weight excluding hydrogens is 210 g/mol. The van der Waals surface area contributed by atoms with E-state index in [2.05, 4.69) is 0 Å². The maximum atomic E-state index is 8.50. The standard InChI is InChI=1S/C11H17NO4/c1-14-11-8-9(12)2-3-10(11)16-7-6-15-5-4-13/h2-3,8,13H,4-7,12H2,1H3. The van der Waals surface area contributed by atoms with Gasteiger partial charge in [0.1, 0.15) is 6.61 Å². The van der Waals surface area contributed by atoms with Gasteiger partial charge in [-0.15, -0.1) is 0 Å². The number of ether oxygens (including phenoxy) is 3. The molecule has 0 bridgehead atoms. The Morgan fingerprint density at radius 2 is 2.00 bits per heavy atom. The summed E-state index contributed by atoms with van der Waals surface area (Å²) in [5, 5.41) is 8.50. The molecule has 0 heterocycles. The Morgan fingerprint density at radius 3 is 2.69 bits per heavy atom. The molecule has 5 heteroatoms. The van der Waals surface area contributed by atoms with E-state index in [1.54, 1.807) is 25.3 Å². The Bertz CT molecular complexity index is 317. The van der Waals surface area contributed by atoms with Gasteiger partial charge < -0.3 is 25.1 Å². The third-order valence-electron chi connectivity index (χ3n) is 1.91. The molecule has 16 heavy (non-hydrogen) atoms. The van der Waals surface area contributed by atoms with E-state index < -0.39 is 0 Å². The van der Waals surface area contributed by atoms with E-state index in [1.807, 2.05) is 0 Å². The number of aliphatic hydroxyl groups excluding tert-OH is 1. The Balaban J connectivity index is 2.41. The zero-order valence-electron chi connectivity index (χ0n) is 9.31. The maximum absolute atomic E-state index is 8.50. The molecule has 1 rings (SSSR count). The molecule has 90 valence electrons. The molecule has 5 nitrogen and oxygen atoms in total. The molecule has 0 fully saturated rings. The van der Waals surface area contributed by atoms with Gasteiger partial charge in [0.15, 0.2) is 11.5 Å². The van der Waals surface area contributed by atoms with Crippen LogP contribution in [0.15, 0.2) is 18.2 Å². The highest BCUT2D eigenvalue weighted by molar-refractivity contribution is 5.51. The largest absolute Gasteiger partial charge is 0.493 e. The number of hydrogen-bond donors (Lipinski definition) is 2. The summed E-state index contributed by atoms with van der Waals surface area (Å²) < 4.78 is 15.6. The first-order valence-corrected chi connectivity index (χ1v) is 5.03. The van der Waals surface area contributed by atoms with E-state index >= 15 is 0 Å². The number of rotatable bonds is 7. The van der Waals surface area contributed by atoms with Gasteiger partial charge in [0.05, 0.1) is 26.9 Å². The molecule has 0 saturated heterocycles. The van der Waals surface area contributed by atoms with Crippen LogP contribution in [0.25, 0.3) is 0 Å². The number of methoxy groups -OCH3 is 1. The summed E-state index contributed by atoms with van der Waals surface area (Å²) in [7, 11) is 1.56. The van der Waals surface area contributed by atoms with E-state index in [0.717, 1.165) is 0 Å². The summed E-state index contributed by atoms with van der Waals surface area (Å²) in [5.41, 5.74) is 6.24. The first-order chi connectivity index (χ1) is 7.77. The zero-order valence-corrected chi connectivity index (χ0v) is 9.31. The minimum Gasteiger partial charge on any atom is -0.493 e. The van der Waals surface area contributed by atoms with Gasteiger partial charge in [-0.2, -0.15) is 0 Å². The molecular formula is C11H17NO4. The highest BCUT2D eigenvalue weighted by Gasteiger charge is 2.03. The van der Waals surface area contributed by atoms with Crippen LogP contribution in [0.2, 0.25) is 0 Å². The number of hydrogen-bond acceptors (Lipinski definition) is 5. The van der Waals surface area contributed by atoms with Crippen LogP contribution in [0.5, 0.6) is 11.5 Å². The van der Waals surface area contributed by atoms with E-state index in [9.17, 15) is 0 Å². The smallest absolute Gasteiger partial charge is 0.162 e. The highest BCUT2D eigenvalue weighted by Crippen LogP contribution is 2.28. The van der Waals surface area contributed by atoms with Crippen LogP contribution >= 0.6 is 0 Å². The lowest BCUT2D eigenvalue weighted by Gasteiger charge is -2.11. The van der Waals surface area contributed by atoms with E-state index in [0.29, 0.717) is 37.0 Å². The SMILES string of the molecule is COc1cc(N)ccc1OCCOCCO. The number of anilines is 1. The molecule has 0 unspecified atom stereocenters. The summed E-state index contributed by atoms with van der Waals surface area (Å²) in [6.07, 6.45) is 0. The molecule has 0 radical (unpaired) electrons. The van der Waals surface area contributed by atoms with E-state index in [-0.39, 0.29) is 6.61 Å². The number of nitrogens with two attached hydrogens (primary N) is 1. The van der Waals surface area contributed by atoms with Crippen molar-refractivity contribution in [3.63, 3.8) is 0 Å². The minimum atomic E-state index is 0.0190. The fraction of sp³-hybridized carbons (Fsp3) is 0.455. The third kappa shape index (κ3) is 3.96.